The monoisotopic (exact) mass is 450 g/mol. The molecule has 160 valence electrons. The number of carbonyl (C=O) groups excluding carboxylic acids is 2. The maximum absolute atomic E-state index is 12.3. The first-order valence-electron chi connectivity index (χ1n) is 8.88. The molecule has 1 aromatic heterocycles. The summed E-state index contributed by atoms with van der Waals surface area (Å²) in [7, 11) is 4.57. The van der Waals surface area contributed by atoms with Crippen molar-refractivity contribution in [3.05, 3.63) is 40.0 Å². The molecule has 0 radical (unpaired) electrons. The minimum Gasteiger partial charge on any atom is -0.493 e. The largest absolute Gasteiger partial charge is 0.493 e. The van der Waals surface area contributed by atoms with Crippen LogP contribution in [0.4, 0.5) is 5.13 Å². The highest BCUT2D eigenvalue weighted by Crippen LogP contribution is 2.43. The molecule has 11 heteroatoms. The zero-order valence-electron chi connectivity index (χ0n) is 16.7. The highest BCUT2D eigenvalue weighted by atomic mass is 32.2. The Hall–Kier alpha value is -2.92. The standard InChI is InChI=1S/C19H22N4O5S2/c1-26-12-6-10(7-13(27-2)17(12)28-3)11-8-14(24)22-18(16(11)20)30-9-15(25)23-19-21-4-5-29-19/h4-7,11H,8-9,20H2,1-3H3,(H,22,24)(H,21,23,25). The van der Waals surface area contributed by atoms with Gasteiger partial charge in [0.1, 0.15) is 0 Å². The number of thioether (sulfide) groups is 1. The second-order valence-electron chi connectivity index (χ2n) is 6.22. The van der Waals surface area contributed by atoms with E-state index in [2.05, 4.69) is 15.6 Å². The van der Waals surface area contributed by atoms with Gasteiger partial charge in [-0.25, -0.2) is 4.98 Å². The predicted molar refractivity (Wildman–Crippen MR) is 116 cm³/mol. The number of nitrogens with zero attached hydrogens (tertiary/aromatic N) is 1. The van der Waals surface area contributed by atoms with E-state index in [-0.39, 0.29) is 24.0 Å². The SMILES string of the molecule is COc1cc(C2CC(=O)NC(SCC(=O)Nc3nccs3)=C2N)cc(OC)c1OC. The van der Waals surface area contributed by atoms with Gasteiger partial charge in [0.15, 0.2) is 16.6 Å². The molecule has 4 N–H and O–H groups in total. The van der Waals surface area contributed by atoms with Crippen LogP contribution in [-0.4, -0.2) is 43.9 Å². The van der Waals surface area contributed by atoms with Crippen LogP contribution in [0, 0.1) is 0 Å². The number of amides is 2. The van der Waals surface area contributed by atoms with Crippen LogP contribution in [0.3, 0.4) is 0 Å². The third kappa shape index (κ3) is 4.79. The van der Waals surface area contributed by atoms with Gasteiger partial charge in [-0.2, -0.15) is 0 Å². The van der Waals surface area contributed by atoms with Crippen molar-refractivity contribution in [2.75, 3.05) is 32.4 Å². The lowest BCUT2D eigenvalue weighted by Gasteiger charge is -2.27. The summed E-state index contributed by atoms with van der Waals surface area (Å²) in [6.45, 7) is 0. The van der Waals surface area contributed by atoms with E-state index >= 15 is 0 Å². The number of thiazole rings is 1. The van der Waals surface area contributed by atoms with E-state index in [0.29, 0.717) is 33.1 Å². The summed E-state index contributed by atoms with van der Waals surface area (Å²) in [5.41, 5.74) is 7.60. The number of rotatable bonds is 8. The number of carbonyl (C=O) groups is 2. The molecule has 2 amide bonds. The van der Waals surface area contributed by atoms with Crippen LogP contribution < -0.4 is 30.6 Å². The summed E-state index contributed by atoms with van der Waals surface area (Å²) >= 11 is 2.49. The highest BCUT2D eigenvalue weighted by molar-refractivity contribution is 8.03. The van der Waals surface area contributed by atoms with Crippen LogP contribution in [0.15, 0.2) is 34.4 Å². The number of hydrogen-bond donors (Lipinski definition) is 3. The van der Waals surface area contributed by atoms with Crippen LogP contribution in [0.25, 0.3) is 0 Å². The number of benzene rings is 1. The zero-order valence-corrected chi connectivity index (χ0v) is 18.3. The minimum absolute atomic E-state index is 0.0812. The summed E-state index contributed by atoms with van der Waals surface area (Å²) < 4.78 is 16.2. The van der Waals surface area contributed by atoms with Crippen LogP contribution in [-0.2, 0) is 9.59 Å². The molecule has 0 saturated heterocycles. The van der Waals surface area contributed by atoms with Crippen molar-refractivity contribution in [1.29, 1.82) is 0 Å². The van der Waals surface area contributed by atoms with E-state index < -0.39 is 5.92 Å². The molecule has 1 aliphatic rings. The molecule has 1 atom stereocenters. The first-order chi connectivity index (χ1) is 14.5. The van der Waals surface area contributed by atoms with E-state index in [1.807, 2.05) is 0 Å². The number of nitrogens with two attached hydrogens (primary N) is 1. The number of anilines is 1. The van der Waals surface area contributed by atoms with Gasteiger partial charge in [0, 0.05) is 29.6 Å². The molecular formula is C19H22N4O5S2. The fourth-order valence-electron chi connectivity index (χ4n) is 3.00. The Balaban J connectivity index is 1.83. The maximum Gasteiger partial charge on any atom is 0.236 e. The molecule has 3 rings (SSSR count). The highest BCUT2D eigenvalue weighted by Gasteiger charge is 2.30. The van der Waals surface area contributed by atoms with Crippen molar-refractivity contribution in [3.63, 3.8) is 0 Å². The molecule has 9 nitrogen and oxygen atoms in total. The van der Waals surface area contributed by atoms with Crippen LogP contribution >= 0.6 is 23.1 Å². The van der Waals surface area contributed by atoms with E-state index in [1.54, 1.807) is 23.7 Å². The average Bonchev–Trinajstić information content (AvgIpc) is 3.25. The number of nitrogens with one attached hydrogen (secondary N) is 2. The molecule has 2 heterocycles. The topological polar surface area (TPSA) is 125 Å². The number of methoxy groups -OCH3 is 3. The maximum atomic E-state index is 12.3. The lowest BCUT2D eigenvalue weighted by Crippen LogP contribution is -2.34. The van der Waals surface area contributed by atoms with Gasteiger partial charge in [0.05, 0.1) is 32.1 Å². The lowest BCUT2D eigenvalue weighted by molar-refractivity contribution is -0.121. The Labute approximate surface area is 182 Å². The Morgan fingerprint density at radius 2 is 2.00 bits per heavy atom. The third-order valence-corrected chi connectivity index (χ3v) is 6.12. The van der Waals surface area contributed by atoms with Gasteiger partial charge in [-0.15, -0.1) is 11.3 Å². The van der Waals surface area contributed by atoms with Crippen molar-refractivity contribution in [2.45, 2.75) is 12.3 Å². The smallest absolute Gasteiger partial charge is 0.236 e. The Kier molecular flexibility index (Phi) is 7.06. The summed E-state index contributed by atoms with van der Waals surface area (Å²) in [4.78, 5) is 28.5. The van der Waals surface area contributed by atoms with Crippen molar-refractivity contribution in [2.24, 2.45) is 5.73 Å². The fourth-order valence-corrected chi connectivity index (χ4v) is 4.39. The molecule has 1 aliphatic heterocycles. The van der Waals surface area contributed by atoms with Crippen molar-refractivity contribution in [3.8, 4) is 17.2 Å². The predicted octanol–water partition coefficient (Wildman–Crippen LogP) is 2.27. The molecule has 2 aromatic rings. The Bertz CT molecular complexity index is 937. The van der Waals surface area contributed by atoms with Gasteiger partial charge >= 0.3 is 0 Å². The van der Waals surface area contributed by atoms with Gasteiger partial charge in [0.2, 0.25) is 17.6 Å². The zero-order chi connectivity index (χ0) is 21.7. The van der Waals surface area contributed by atoms with Crippen molar-refractivity contribution < 1.29 is 23.8 Å². The first kappa shape index (κ1) is 21.8. The molecule has 1 aromatic carbocycles. The van der Waals surface area contributed by atoms with Crippen LogP contribution in [0.2, 0.25) is 0 Å². The summed E-state index contributed by atoms with van der Waals surface area (Å²) in [6.07, 6.45) is 1.77. The molecule has 0 spiro atoms. The van der Waals surface area contributed by atoms with E-state index in [9.17, 15) is 9.59 Å². The quantitative estimate of drug-likeness (QED) is 0.559. The average molecular weight is 451 g/mol. The van der Waals surface area contributed by atoms with Gasteiger partial charge in [0.25, 0.3) is 0 Å². The lowest BCUT2D eigenvalue weighted by atomic mass is 9.90. The van der Waals surface area contributed by atoms with Crippen molar-refractivity contribution in [1.82, 2.24) is 10.3 Å². The van der Waals surface area contributed by atoms with Crippen molar-refractivity contribution >= 4 is 40.0 Å². The van der Waals surface area contributed by atoms with E-state index in [1.165, 1.54) is 44.4 Å². The number of hydrogen-bond acceptors (Lipinski definition) is 9. The molecule has 0 saturated carbocycles. The van der Waals surface area contributed by atoms with Gasteiger partial charge in [-0.3, -0.25) is 9.59 Å². The summed E-state index contributed by atoms with van der Waals surface area (Å²) in [5.74, 6) is 0.672. The third-order valence-electron chi connectivity index (χ3n) is 4.40. The molecule has 0 aliphatic carbocycles. The molecule has 0 fully saturated rings. The Morgan fingerprint density at radius 3 is 2.57 bits per heavy atom. The second-order valence-corrected chi connectivity index (χ2v) is 8.10. The van der Waals surface area contributed by atoms with Crippen LogP contribution in [0.1, 0.15) is 17.9 Å². The number of aromatic nitrogens is 1. The van der Waals surface area contributed by atoms with Gasteiger partial charge < -0.3 is 30.6 Å². The second kappa shape index (κ2) is 9.72. The molecule has 1 unspecified atom stereocenters. The van der Waals surface area contributed by atoms with Crippen LogP contribution in [0.5, 0.6) is 17.2 Å². The van der Waals surface area contributed by atoms with Gasteiger partial charge in [-0.1, -0.05) is 11.8 Å². The minimum atomic E-state index is -0.392. The molecule has 0 bridgehead atoms. The summed E-state index contributed by atoms with van der Waals surface area (Å²) in [5, 5.41) is 8.20. The normalized spacial score (nSPS) is 16.1. The first-order valence-corrected chi connectivity index (χ1v) is 10.7. The molecule has 30 heavy (non-hydrogen) atoms. The van der Waals surface area contributed by atoms with Gasteiger partial charge in [-0.05, 0) is 17.7 Å². The number of allylic oxidation sites excluding steroid dienone is 1. The van der Waals surface area contributed by atoms with E-state index in [0.717, 1.165) is 5.56 Å². The summed E-state index contributed by atoms with van der Waals surface area (Å²) in [6, 6.07) is 3.55. The fraction of sp³-hybridized carbons (Fsp3) is 0.316. The number of ether oxygens (including phenoxy) is 3. The Morgan fingerprint density at radius 1 is 1.30 bits per heavy atom. The molecular weight excluding hydrogens is 428 g/mol. The van der Waals surface area contributed by atoms with E-state index in [4.69, 9.17) is 19.9 Å².